The highest BCUT2D eigenvalue weighted by Crippen LogP contribution is 2.21. The van der Waals surface area contributed by atoms with Gasteiger partial charge in [-0.3, -0.25) is 4.79 Å². The van der Waals surface area contributed by atoms with Gasteiger partial charge in [0.2, 0.25) is 0 Å². The molecule has 3 aromatic carbocycles. The van der Waals surface area contributed by atoms with Gasteiger partial charge in [0.15, 0.2) is 5.78 Å². The molecule has 4 nitrogen and oxygen atoms in total. The smallest absolute Gasteiger partial charge is 0.313 e. The maximum Gasteiger partial charge on any atom is 0.365 e. The Hall–Kier alpha value is -3.53. The molecule has 3 aromatic rings. The molecule has 0 heterocycles. The minimum absolute atomic E-state index is 0.140. The minimum atomic E-state index is -0.477. The number of Topliss-reactive ketones (excluding diaryl/α,β-unsaturated/α-hetero) is 1. The van der Waals surface area contributed by atoms with Crippen molar-refractivity contribution in [2.24, 2.45) is 5.16 Å². The molecule has 0 bridgehead atoms. The second kappa shape index (κ2) is 9.60. The maximum absolute atomic E-state index is 12.1. The van der Waals surface area contributed by atoms with Gasteiger partial charge >= 0.3 is 5.97 Å². The van der Waals surface area contributed by atoms with Gasteiger partial charge in [-0.25, -0.2) is 4.79 Å². The predicted molar refractivity (Wildman–Crippen MR) is 115 cm³/mol. The molecule has 0 radical (unpaired) electrons. The van der Waals surface area contributed by atoms with Crippen LogP contribution in [0, 0.1) is 0 Å². The molecule has 0 aromatic heterocycles. The van der Waals surface area contributed by atoms with Crippen molar-refractivity contribution in [2.75, 3.05) is 0 Å². The first-order valence-electron chi connectivity index (χ1n) is 9.69. The van der Waals surface area contributed by atoms with Crippen molar-refractivity contribution >= 4 is 17.5 Å². The summed E-state index contributed by atoms with van der Waals surface area (Å²) in [6.45, 7) is 3.82. The second-order valence-electron chi connectivity index (χ2n) is 6.57. The van der Waals surface area contributed by atoms with Crippen LogP contribution in [-0.4, -0.2) is 17.5 Å². The molecule has 0 spiro atoms. The summed E-state index contributed by atoms with van der Waals surface area (Å²) in [5.41, 5.74) is 4.87. The highest BCUT2D eigenvalue weighted by Gasteiger charge is 2.09. The van der Waals surface area contributed by atoms with Crippen molar-refractivity contribution < 1.29 is 14.4 Å². The normalized spacial score (nSPS) is 11.2. The molecule has 0 fully saturated rings. The SMILES string of the molecule is CCC(=O)c1ccc(-c2ccc(C(CC)=NOC(=O)c3ccccc3)cc2)cc1. The number of hydrogen-bond acceptors (Lipinski definition) is 4. The van der Waals surface area contributed by atoms with Crippen LogP contribution in [0.3, 0.4) is 0 Å². The summed E-state index contributed by atoms with van der Waals surface area (Å²) in [4.78, 5) is 29.0. The molecule has 0 aliphatic carbocycles. The molecule has 4 heteroatoms. The topological polar surface area (TPSA) is 55.7 Å². The average molecular weight is 385 g/mol. The largest absolute Gasteiger partial charge is 0.365 e. The number of rotatable bonds is 7. The Bertz CT molecular complexity index is 1000. The molecule has 29 heavy (non-hydrogen) atoms. The molecule has 0 N–H and O–H groups in total. The summed E-state index contributed by atoms with van der Waals surface area (Å²) in [6.07, 6.45) is 1.14. The van der Waals surface area contributed by atoms with Gasteiger partial charge in [-0.15, -0.1) is 0 Å². The summed E-state index contributed by atoms with van der Waals surface area (Å²) in [5.74, 6) is -0.337. The molecule has 146 valence electrons. The molecule has 0 amide bonds. The van der Waals surface area contributed by atoms with Gasteiger partial charge < -0.3 is 4.84 Å². The van der Waals surface area contributed by atoms with Crippen LogP contribution >= 0.6 is 0 Å². The van der Waals surface area contributed by atoms with Crippen LogP contribution in [-0.2, 0) is 4.84 Å². The third-order valence-corrected chi connectivity index (χ3v) is 4.66. The van der Waals surface area contributed by atoms with Crippen molar-refractivity contribution in [1.29, 1.82) is 0 Å². The number of carbonyl (C=O) groups is 2. The monoisotopic (exact) mass is 385 g/mol. The first-order chi connectivity index (χ1) is 14.1. The molecule has 0 aliphatic heterocycles. The Balaban J connectivity index is 1.73. The van der Waals surface area contributed by atoms with E-state index in [4.69, 9.17) is 4.84 Å². The summed E-state index contributed by atoms with van der Waals surface area (Å²) < 4.78 is 0. The Labute approximate surface area is 170 Å². The molecule has 0 unspecified atom stereocenters. The number of carbonyl (C=O) groups excluding carboxylic acids is 2. The number of nitrogens with zero attached hydrogens (tertiary/aromatic N) is 1. The number of hydrogen-bond donors (Lipinski definition) is 0. The van der Waals surface area contributed by atoms with Crippen LogP contribution in [0.25, 0.3) is 11.1 Å². The fourth-order valence-electron chi connectivity index (χ4n) is 2.95. The summed E-state index contributed by atoms with van der Waals surface area (Å²) >= 11 is 0. The lowest BCUT2D eigenvalue weighted by molar-refractivity contribution is 0.0515. The van der Waals surface area contributed by atoms with Crippen LogP contribution in [0.2, 0.25) is 0 Å². The summed E-state index contributed by atoms with van der Waals surface area (Å²) in [7, 11) is 0. The fourth-order valence-corrected chi connectivity index (χ4v) is 2.95. The van der Waals surface area contributed by atoms with Gasteiger partial charge in [-0.1, -0.05) is 85.7 Å². The number of ketones is 1. The van der Waals surface area contributed by atoms with E-state index in [1.165, 1.54) is 0 Å². The van der Waals surface area contributed by atoms with Gasteiger partial charge in [0.25, 0.3) is 0 Å². The third kappa shape index (κ3) is 5.05. The van der Waals surface area contributed by atoms with Crippen molar-refractivity contribution in [1.82, 2.24) is 0 Å². The Morgan fingerprint density at radius 1 is 0.690 bits per heavy atom. The first kappa shape index (κ1) is 20.2. The quantitative estimate of drug-likeness (QED) is 0.220. The predicted octanol–water partition coefficient (Wildman–Crippen LogP) is 5.92. The molecular weight excluding hydrogens is 362 g/mol. The standard InChI is InChI=1S/C25H23NO3/c1-3-23(26-29-25(28)22-8-6-5-7-9-22)20-14-10-18(11-15-20)19-12-16-21(17-13-19)24(27)4-2/h5-17H,3-4H2,1-2H3. The molecule has 0 aliphatic rings. The van der Waals surface area contributed by atoms with E-state index in [2.05, 4.69) is 5.16 Å². The zero-order valence-corrected chi connectivity index (χ0v) is 16.6. The molecule has 0 atom stereocenters. The van der Waals surface area contributed by atoms with Gasteiger partial charge in [0, 0.05) is 12.0 Å². The van der Waals surface area contributed by atoms with E-state index in [1.54, 1.807) is 24.3 Å². The lowest BCUT2D eigenvalue weighted by Gasteiger charge is -2.07. The maximum atomic E-state index is 12.1. The van der Waals surface area contributed by atoms with Crippen molar-refractivity contribution in [2.45, 2.75) is 26.7 Å². The van der Waals surface area contributed by atoms with E-state index in [-0.39, 0.29) is 5.78 Å². The van der Waals surface area contributed by atoms with Crippen LogP contribution in [0.5, 0.6) is 0 Å². The van der Waals surface area contributed by atoms with Crippen LogP contribution in [0.4, 0.5) is 0 Å². The minimum Gasteiger partial charge on any atom is -0.313 e. The lowest BCUT2D eigenvalue weighted by atomic mass is 9.99. The average Bonchev–Trinajstić information content (AvgIpc) is 2.80. The summed E-state index contributed by atoms with van der Waals surface area (Å²) in [6, 6.07) is 24.3. The zero-order chi connectivity index (χ0) is 20.6. The van der Waals surface area contributed by atoms with Crippen molar-refractivity contribution in [3.05, 3.63) is 95.6 Å². The molecule has 0 saturated heterocycles. The van der Waals surface area contributed by atoms with E-state index in [9.17, 15) is 9.59 Å². The van der Waals surface area contributed by atoms with Crippen LogP contribution < -0.4 is 0 Å². The van der Waals surface area contributed by atoms with E-state index in [0.29, 0.717) is 24.1 Å². The first-order valence-corrected chi connectivity index (χ1v) is 9.69. The Kier molecular flexibility index (Phi) is 6.69. The van der Waals surface area contributed by atoms with Crippen molar-refractivity contribution in [3.63, 3.8) is 0 Å². The van der Waals surface area contributed by atoms with Crippen LogP contribution in [0.1, 0.15) is 53.0 Å². The zero-order valence-electron chi connectivity index (χ0n) is 16.6. The Morgan fingerprint density at radius 3 is 1.76 bits per heavy atom. The van der Waals surface area contributed by atoms with Gasteiger partial charge in [0.05, 0.1) is 11.3 Å². The van der Waals surface area contributed by atoms with Gasteiger partial charge in [0.1, 0.15) is 0 Å². The van der Waals surface area contributed by atoms with Crippen molar-refractivity contribution in [3.8, 4) is 11.1 Å². The highest BCUT2D eigenvalue weighted by molar-refractivity contribution is 6.01. The molecule has 0 saturated carbocycles. The molecule has 3 rings (SSSR count). The van der Waals surface area contributed by atoms with Gasteiger partial charge in [-0.05, 0) is 35.2 Å². The second-order valence-corrected chi connectivity index (χ2v) is 6.57. The van der Waals surface area contributed by atoms with E-state index >= 15 is 0 Å². The van der Waals surface area contributed by atoms with E-state index < -0.39 is 5.97 Å². The highest BCUT2D eigenvalue weighted by atomic mass is 16.7. The number of oxime groups is 1. The van der Waals surface area contributed by atoms with E-state index in [0.717, 1.165) is 22.3 Å². The molecular formula is C25H23NO3. The fraction of sp³-hybridized carbons (Fsp3) is 0.160. The lowest BCUT2D eigenvalue weighted by Crippen LogP contribution is -2.05. The summed E-state index contributed by atoms with van der Waals surface area (Å²) in [5, 5.41) is 4.06. The third-order valence-electron chi connectivity index (χ3n) is 4.66. The van der Waals surface area contributed by atoms with Gasteiger partial charge in [-0.2, -0.15) is 0 Å². The van der Waals surface area contributed by atoms with Crippen LogP contribution in [0.15, 0.2) is 84.0 Å². The number of benzene rings is 3. The Morgan fingerprint density at radius 2 is 1.24 bits per heavy atom. The van der Waals surface area contributed by atoms with E-state index in [1.807, 2.05) is 68.4 Å².